The third-order valence-electron chi connectivity index (χ3n) is 8.26. The largest absolute Gasteiger partial charge is 0.497 e. The molecule has 1 atom stereocenters. The lowest BCUT2D eigenvalue weighted by atomic mass is 10.0. The number of rotatable bonds is 12. The summed E-state index contributed by atoms with van der Waals surface area (Å²) in [5.74, 6) is -1.33. The van der Waals surface area contributed by atoms with Crippen molar-refractivity contribution in [3.05, 3.63) is 111 Å². The lowest BCUT2D eigenvalue weighted by molar-refractivity contribution is 0.189. The monoisotopic (exact) mass is 767 g/mol. The van der Waals surface area contributed by atoms with Crippen LogP contribution in [0.15, 0.2) is 71.5 Å². The number of nitrogens with one attached hydrogen (secondary N) is 1. The van der Waals surface area contributed by atoms with Crippen LogP contribution >= 0.6 is 11.6 Å². The fourth-order valence-electron chi connectivity index (χ4n) is 6.02. The molecule has 6 rings (SSSR count). The Morgan fingerprint density at radius 3 is 2.36 bits per heavy atom. The molecule has 1 unspecified atom stereocenters. The van der Waals surface area contributed by atoms with E-state index in [9.17, 15) is 31.9 Å². The van der Waals surface area contributed by atoms with Gasteiger partial charge in [0.15, 0.2) is 11.5 Å². The molecule has 0 aliphatic carbocycles. The zero-order valence-electron chi connectivity index (χ0n) is 28.7. The van der Waals surface area contributed by atoms with E-state index < -0.39 is 39.4 Å². The fourth-order valence-corrected chi connectivity index (χ4v) is 7.08. The van der Waals surface area contributed by atoms with E-state index >= 15 is 0 Å². The molecule has 3 aromatic carbocycles. The van der Waals surface area contributed by atoms with Crippen LogP contribution in [0, 0.1) is 11.6 Å². The molecule has 0 saturated carbocycles. The highest BCUT2D eigenvalue weighted by Crippen LogP contribution is 2.38. The Balaban J connectivity index is 1.63. The Morgan fingerprint density at radius 2 is 1.74 bits per heavy atom. The first-order valence-corrected chi connectivity index (χ1v) is 18.2. The van der Waals surface area contributed by atoms with E-state index in [1.807, 2.05) is 0 Å². The van der Waals surface area contributed by atoms with Gasteiger partial charge in [-0.2, -0.15) is 10.1 Å². The number of methoxy groups -OCH3 is 1. The van der Waals surface area contributed by atoms with E-state index in [0.717, 1.165) is 27.3 Å². The van der Waals surface area contributed by atoms with Gasteiger partial charge in [0, 0.05) is 25.6 Å². The summed E-state index contributed by atoms with van der Waals surface area (Å²) < 4.78 is 69.6. The summed E-state index contributed by atoms with van der Waals surface area (Å²) in [7, 11) is -0.963. The summed E-state index contributed by atoms with van der Waals surface area (Å²) in [6, 6.07) is 14.0. The molecule has 0 aliphatic heterocycles. The first kappa shape index (κ1) is 37.0. The van der Waals surface area contributed by atoms with Gasteiger partial charge in [0.1, 0.15) is 23.2 Å². The van der Waals surface area contributed by atoms with Crippen LogP contribution in [-0.4, -0.2) is 63.9 Å². The predicted octanol–water partition coefficient (Wildman–Crippen LogP) is 5.52. The highest BCUT2D eigenvalue weighted by molar-refractivity contribution is 7.92. The zero-order valence-corrected chi connectivity index (χ0v) is 30.2. The quantitative estimate of drug-likeness (QED) is 0.162. The van der Waals surface area contributed by atoms with Crippen LogP contribution in [0.3, 0.4) is 0 Å². The van der Waals surface area contributed by atoms with Gasteiger partial charge in [0.2, 0.25) is 15.9 Å². The van der Waals surface area contributed by atoms with Gasteiger partial charge in [-0.05, 0) is 60.5 Å². The molecule has 0 spiro atoms. The second-order valence-corrected chi connectivity index (χ2v) is 14.2. The molecule has 3 heterocycles. The van der Waals surface area contributed by atoms with Crippen molar-refractivity contribution in [3.8, 4) is 17.3 Å². The van der Waals surface area contributed by atoms with Crippen molar-refractivity contribution >= 4 is 55.5 Å². The Hall–Kier alpha value is -5.81. The average molecular weight is 768 g/mol. The number of halogens is 3. The number of aromatic nitrogens is 5. The molecule has 14 nitrogen and oxygen atoms in total. The third-order valence-corrected chi connectivity index (χ3v) is 9.67. The number of hydrogen-bond donors (Lipinski definition) is 2. The molecular weight excluding hydrogens is 736 g/mol. The van der Waals surface area contributed by atoms with Gasteiger partial charge in [-0.3, -0.25) is 14.0 Å². The first-order valence-electron chi connectivity index (χ1n) is 16.0. The van der Waals surface area contributed by atoms with E-state index in [4.69, 9.17) is 21.1 Å². The number of anilines is 1. The van der Waals surface area contributed by atoms with Gasteiger partial charge in [0.05, 0.1) is 59.6 Å². The van der Waals surface area contributed by atoms with Crippen molar-refractivity contribution in [2.45, 2.75) is 25.9 Å². The summed E-state index contributed by atoms with van der Waals surface area (Å²) in [6.07, 6.45) is -0.845. The highest BCUT2D eigenvalue weighted by Gasteiger charge is 2.30. The van der Waals surface area contributed by atoms with E-state index in [1.165, 1.54) is 43.1 Å². The fraction of sp³-hybridized carbons (Fsp3) is 0.229. The highest BCUT2D eigenvalue weighted by atomic mass is 35.5. The Morgan fingerprint density at radius 1 is 1.04 bits per heavy atom. The number of hydrogen-bond acceptors (Lipinski definition) is 9. The molecule has 53 heavy (non-hydrogen) atoms. The van der Waals surface area contributed by atoms with Gasteiger partial charge < -0.3 is 19.9 Å². The summed E-state index contributed by atoms with van der Waals surface area (Å²) in [5, 5.41) is 17.1. The van der Waals surface area contributed by atoms with Crippen molar-refractivity contribution in [1.82, 2.24) is 29.6 Å². The van der Waals surface area contributed by atoms with Crippen LogP contribution in [0.4, 0.5) is 19.4 Å². The second kappa shape index (κ2) is 14.7. The molecule has 18 heteroatoms. The molecule has 0 saturated heterocycles. The lowest BCUT2D eigenvalue weighted by Crippen LogP contribution is -2.35. The Labute approximate surface area is 306 Å². The van der Waals surface area contributed by atoms with Crippen LogP contribution in [-0.2, 0) is 30.0 Å². The number of carbonyl (C=O) groups is 1. The molecule has 0 radical (unpaired) electrons. The predicted molar refractivity (Wildman–Crippen MR) is 194 cm³/mol. The van der Waals surface area contributed by atoms with Crippen molar-refractivity contribution in [2.75, 3.05) is 24.3 Å². The number of carboxylic acid groups (broad SMARTS) is 1. The smallest absolute Gasteiger partial charge is 0.405 e. The van der Waals surface area contributed by atoms with Crippen molar-refractivity contribution in [2.24, 2.45) is 7.05 Å². The number of fused-ring (bicyclic) bond motifs is 2. The minimum absolute atomic E-state index is 0.0193. The minimum Gasteiger partial charge on any atom is -0.497 e. The minimum atomic E-state index is -4.00. The number of aryl methyl sites for hydroxylation is 1. The third kappa shape index (κ3) is 7.57. The molecule has 0 bridgehead atoms. The molecule has 1 amide bonds. The zero-order chi connectivity index (χ0) is 38.2. The van der Waals surface area contributed by atoms with Crippen LogP contribution in [0.2, 0.25) is 5.02 Å². The Bertz CT molecular complexity index is 2530. The summed E-state index contributed by atoms with van der Waals surface area (Å²) in [5.41, 5.74) is 0.153. The first-order chi connectivity index (χ1) is 25.2. The van der Waals surface area contributed by atoms with Crippen molar-refractivity contribution in [3.63, 3.8) is 0 Å². The molecule has 3 aromatic heterocycles. The molecule has 6 aromatic rings. The van der Waals surface area contributed by atoms with Gasteiger partial charge in [-0.15, -0.1) is 0 Å². The van der Waals surface area contributed by atoms with Crippen molar-refractivity contribution < 1.29 is 36.6 Å². The molecule has 2 N–H and O–H groups in total. The Kier molecular flexibility index (Phi) is 10.2. The maximum atomic E-state index is 14.6. The van der Waals surface area contributed by atoms with Crippen LogP contribution in [0.25, 0.3) is 27.6 Å². The number of sulfonamides is 1. The lowest BCUT2D eigenvalue weighted by Gasteiger charge is -2.23. The number of benzene rings is 3. The number of nitrogens with zero attached hydrogens (tertiary/aromatic N) is 6. The number of pyridine rings is 1. The van der Waals surface area contributed by atoms with E-state index in [0.29, 0.717) is 17.4 Å². The van der Waals surface area contributed by atoms with Gasteiger partial charge >= 0.3 is 6.09 Å². The topological polar surface area (TPSA) is 171 Å². The summed E-state index contributed by atoms with van der Waals surface area (Å²) >= 11 is 6.78. The second-order valence-electron chi connectivity index (χ2n) is 11.9. The van der Waals surface area contributed by atoms with Crippen LogP contribution < -0.4 is 24.7 Å². The van der Waals surface area contributed by atoms with Gasteiger partial charge in [-0.25, -0.2) is 31.3 Å². The van der Waals surface area contributed by atoms with Gasteiger partial charge in [-0.1, -0.05) is 23.7 Å². The van der Waals surface area contributed by atoms with Crippen LogP contribution in [0.1, 0.15) is 29.9 Å². The maximum absolute atomic E-state index is 14.6. The molecule has 276 valence electrons. The van der Waals surface area contributed by atoms with Gasteiger partial charge in [0.25, 0.3) is 5.56 Å². The standard InChI is InChI=1S/C35H32ClF2N7O7S/c1-5-52-28-13-10-24-31(40-28)41-32(26(39-35(47)48)16-20-14-21(37)17-22(38)15-20)45(34(24)46)27-12-11-25(36)29-30(27)43(2)42-33(29)44(53(4,49)50)18-19-6-8-23(51-3)9-7-19/h6-15,17,26,39H,5,16,18H2,1-4H3,(H,47,48). The molecule has 0 aliphatic rings. The number of amides is 1. The normalized spacial score (nSPS) is 12.2. The number of ether oxygens (including phenoxy) is 2. The average Bonchev–Trinajstić information content (AvgIpc) is 3.43. The van der Waals surface area contributed by atoms with Crippen LogP contribution in [0.5, 0.6) is 11.6 Å². The van der Waals surface area contributed by atoms with E-state index in [2.05, 4.69) is 20.4 Å². The van der Waals surface area contributed by atoms with Crippen molar-refractivity contribution in [1.29, 1.82) is 0 Å². The maximum Gasteiger partial charge on any atom is 0.405 e. The molecule has 0 fully saturated rings. The van der Waals surface area contributed by atoms with E-state index in [1.54, 1.807) is 31.2 Å². The SMILES string of the molecule is CCOc1ccc2c(=O)n(-c3ccc(Cl)c4c(N(Cc5ccc(OC)cc5)S(C)(=O)=O)nn(C)c34)c(C(Cc3cc(F)cc(F)c3)NC(=O)O)nc2n1. The summed E-state index contributed by atoms with van der Waals surface area (Å²) in [4.78, 5) is 35.8. The molecular formula is C35H32ClF2N7O7S. The summed E-state index contributed by atoms with van der Waals surface area (Å²) in [6.45, 7) is 1.86. The van der Waals surface area contributed by atoms with E-state index in [-0.39, 0.29) is 75.3 Å².